The Morgan fingerprint density at radius 3 is 2.81 bits per heavy atom. The van der Waals surface area contributed by atoms with E-state index in [0.717, 1.165) is 18.5 Å². The number of nitrogens with one attached hydrogen (secondary N) is 1. The molecule has 0 aliphatic rings. The second-order valence-electron chi connectivity index (χ2n) is 3.55. The number of benzene rings is 1. The number of rotatable bonds is 6. The molecule has 90 valence electrons. The van der Waals surface area contributed by atoms with Gasteiger partial charge in [-0.25, -0.2) is 0 Å². The molecule has 0 radical (unpaired) electrons. The molecular weight excluding hydrogens is 226 g/mol. The number of aliphatic hydroxyl groups excluding tert-OH is 1. The molecule has 0 heterocycles. The Hall–Kier alpha value is -0.770. The van der Waals surface area contributed by atoms with E-state index in [0.29, 0.717) is 10.8 Å². The zero-order valence-corrected chi connectivity index (χ0v) is 10.4. The largest absolute Gasteiger partial charge is 0.496 e. The van der Waals surface area contributed by atoms with Crippen molar-refractivity contribution in [3.05, 3.63) is 28.8 Å². The standard InChI is InChI=1S/C12H18ClNO2/c1-3-7-14-10(8-15)12-9(13)5-4-6-11(12)16-2/h4-6,10,14-15H,3,7-8H2,1-2H3. The molecule has 1 atom stereocenters. The van der Waals surface area contributed by atoms with Gasteiger partial charge in [0.05, 0.1) is 19.8 Å². The summed E-state index contributed by atoms with van der Waals surface area (Å²) in [5, 5.41) is 13.2. The van der Waals surface area contributed by atoms with Crippen molar-refractivity contribution in [3.8, 4) is 5.75 Å². The van der Waals surface area contributed by atoms with E-state index in [1.165, 1.54) is 0 Å². The lowest BCUT2D eigenvalue weighted by molar-refractivity contribution is 0.241. The molecule has 2 N–H and O–H groups in total. The van der Waals surface area contributed by atoms with Gasteiger partial charge in [-0.2, -0.15) is 0 Å². The Bertz CT molecular complexity index is 331. The summed E-state index contributed by atoms with van der Waals surface area (Å²) in [6.07, 6.45) is 1.00. The molecule has 0 fully saturated rings. The molecule has 0 aliphatic heterocycles. The van der Waals surface area contributed by atoms with Crippen LogP contribution in [0.2, 0.25) is 5.02 Å². The van der Waals surface area contributed by atoms with Gasteiger partial charge >= 0.3 is 0 Å². The molecule has 0 aliphatic carbocycles. The summed E-state index contributed by atoms with van der Waals surface area (Å²) in [7, 11) is 1.60. The highest BCUT2D eigenvalue weighted by Gasteiger charge is 2.17. The van der Waals surface area contributed by atoms with Crippen molar-refractivity contribution < 1.29 is 9.84 Å². The molecule has 0 saturated carbocycles. The third-order valence-electron chi connectivity index (χ3n) is 2.40. The predicted octanol–water partition coefficient (Wildman–Crippen LogP) is 2.38. The Kier molecular flexibility index (Phi) is 5.60. The van der Waals surface area contributed by atoms with E-state index in [-0.39, 0.29) is 12.6 Å². The maximum Gasteiger partial charge on any atom is 0.125 e. The summed E-state index contributed by atoms with van der Waals surface area (Å²) in [5.74, 6) is 0.704. The maximum atomic E-state index is 9.37. The molecule has 1 aromatic rings. The number of ether oxygens (including phenoxy) is 1. The van der Waals surface area contributed by atoms with Crippen molar-refractivity contribution >= 4 is 11.6 Å². The van der Waals surface area contributed by atoms with E-state index >= 15 is 0 Å². The van der Waals surface area contributed by atoms with E-state index in [2.05, 4.69) is 12.2 Å². The Morgan fingerprint density at radius 2 is 2.25 bits per heavy atom. The van der Waals surface area contributed by atoms with Crippen LogP contribution in [-0.2, 0) is 0 Å². The lowest BCUT2D eigenvalue weighted by atomic mass is 10.1. The molecule has 3 nitrogen and oxygen atoms in total. The fourth-order valence-electron chi connectivity index (χ4n) is 1.61. The average molecular weight is 244 g/mol. The lowest BCUT2D eigenvalue weighted by Gasteiger charge is -2.20. The summed E-state index contributed by atoms with van der Waals surface area (Å²) in [5.41, 5.74) is 0.822. The van der Waals surface area contributed by atoms with Crippen molar-refractivity contribution in [2.45, 2.75) is 19.4 Å². The van der Waals surface area contributed by atoms with Crippen molar-refractivity contribution in [2.24, 2.45) is 0 Å². The molecule has 0 bridgehead atoms. The summed E-state index contributed by atoms with van der Waals surface area (Å²) in [6.45, 7) is 2.91. The highest BCUT2D eigenvalue weighted by Crippen LogP contribution is 2.31. The van der Waals surface area contributed by atoms with Gasteiger partial charge in [-0.1, -0.05) is 24.6 Å². The van der Waals surface area contributed by atoms with Gasteiger partial charge in [-0.05, 0) is 25.1 Å². The van der Waals surface area contributed by atoms with E-state index < -0.39 is 0 Å². The van der Waals surface area contributed by atoms with E-state index in [1.54, 1.807) is 13.2 Å². The van der Waals surface area contributed by atoms with Gasteiger partial charge in [0, 0.05) is 10.6 Å². The average Bonchev–Trinajstić information content (AvgIpc) is 2.31. The van der Waals surface area contributed by atoms with Crippen LogP contribution in [0.1, 0.15) is 24.9 Å². The Morgan fingerprint density at radius 1 is 1.50 bits per heavy atom. The predicted molar refractivity (Wildman–Crippen MR) is 66.1 cm³/mol. The molecule has 0 aromatic heterocycles. The number of methoxy groups -OCH3 is 1. The first-order valence-corrected chi connectivity index (χ1v) is 5.79. The van der Waals surface area contributed by atoms with Crippen molar-refractivity contribution in [2.75, 3.05) is 20.3 Å². The third-order valence-corrected chi connectivity index (χ3v) is 2.73. The second-order valence-corrected chi connectivity index (χ2v) is 3.95. The molecule has 16 heavy (non-hydrogen) atoms. The summed E-state index contributed by atoms with van der Waals surface area (Å²) in [6, 6.07) is 5.30. The Balaban J connectivity index is 2.97. The molecule has 0 amide bonds. The SMILES string of the molecule is CCCNC(CO)c1c(Cl)cccc1OC. The summed E-state index contributed by atoms with van der Waals surface area (Å²) < 4.78 is 5.25. The molecule has 4 heteroatoms. The first-order chi connectivity index (χ1) is 7.74. The topological polar surface area (TPSA) is 41.5 Å². The smallest absolute Gasteiger partial charge is 0.125 e. The van der Waals surface area contributed by atoms with Crippen molar-refractivity contribution in [1.82, 2.24) is 5.32 Å². The zero-order valence-electron chi connectivity index (χ0n) is 9.66. The number of aliphatic hydroxyl groups is 1. The van der Waals surface area contributed by atoms with Gasteiger partial charge in [0.25, 0.3) is 0 Å². The zero-order chi connectivity index (χ0) is 12.0. The van der Waals surface area contributed by atoms with Gasteiger partial charge in [0.1, 0.15) is 5.75 Å². The van der Waals surface area contributed by atoms with Crippen LogP contribution in [0.15, 0.2) is 18.2 Å². The molecule has 1 rings (SSSR count). The van der Waals surface area contributed by atoms with Gasteiger partial charge in [0.2, 0.25) is 0 Å². The van der Waals surface area contributed by atoms with Crippen molar-refractivity contribution in [1.29, 1.82) is 0 Å². The van der Waals surface area contributed by atoms with Crippen molar-refractivity contribution in [3.63, 3.8) is 0 Å². The summed E-state index contributed by atoms with van der Waals surface area (Å²) >= 11 is 6.13. The molecular formula is C12H18ClNO2. The second kappa shape index (κ2) is 6.74. The third kappa shape index (κ3) is 3.11. The number of halogens is 1. The first kappa shape index (κ1) is 13.3. The van der Waals surface area contributed by atoms with Crippen LogP contribution in [0, 0.1) is 0 Å². The maximum absolute atomic E-state index is 9.37. The van der Waals surface area contributed by atoms with E-state index in [1.807, 2.05) is 12.1 Å². The van der Waals surface area contributed by atoms with Gasteiger partial charge in [0.15, 0.2) is 0 Å². The van der Waals surface area contributed by atoms with Gasteiger partial charge in [-0.3, -0.25) is 0 Å². The molecule has 1 aromatic carbocycles. The number of hydrogen-bond donors (Lipinski definition) is 2. The number of hydrogen-bond acceptors (Lipinski definition) is 3. The molecule has 1 unspecified atom stereocenters. The minimum absolute atomic E-state index is 0.0000926. The van der Waals surface area contributed by atoms with Gasteiger partial charge < -0.3 is 15.2 Å². The van der Waals surface area contributed by atoms with Crippen LogP contribution in [-0.4, -0.2) is 25.4 Å². The molecule has 0 saturated heterocycles. The minimum atomic E-state index is -0.177. The quantitative estimate of drug-likeness (QED) is 0.806. The van der Waals surface area contributed by atoms with E-state index in [4.69, 9.17) is 16.3 Å². The van der Waals surface area contributed by atoms with Crippen LogP contribution in [0.3, 0.4) is 0 Å². The van der Waals surface area contributed by atoms with Crippen LogP contribution >= 0.6 is 11.6 Å². The monoisotopic (exact) mass is 243 g/mol. The molecule has 0 spiro atoms. The highest BCUT2D eigenvalue weighted by molar-refractivity contribution is 6.31. The first-order valence-electron chi connectivity index (χ1n) is 5.41. The fourth-order valence-corrected chi connectivity index (χ4v) is 1.91. The van der Waals surface area contributed by atoms with E-state index in [9.17, 15) is 5.11 Å². The highest BCUT2D eigenvalue weighted by atomic mass is 35.5. The van der Waals surface area contributed by atoms with Crippen LogP contribution in [0.4, 0.5) is 0 Å². The Labute approximate surface area is 101 Å². The minimum Gasteiger partial charge on any atom is -0.496 e. The van der Waals surface area contributed by atoms with Gasteiger partial charge in [-0.15, -0.1) is 0 Å². The lowest BCUT2D eigenvalue weighted by Crippen LogP contribution is -2.25. The van der Waals surface area contributed by atoms with Crippen LogP contribution in [0.25, 0.3) is 0 Å². The van der Waals surface area contributed by atoms with Crippen LogP contribution in [0.5, 0.6) is 5.75 Å². The normalized spacial score (nSPS) is 12.5. The fraction of sp³-hybridized carbons (Fsp3) is 0.500. The summed E-state index contributed by atoms with van der Waals surface area (Å²) in [4.78, 5) is 0. The van der Waals surface area contributed by atoms with Crippen LogP contribution < -0.4 is 10.1 Å².